The zero-order valence-corrected chi connectivity index (χ0v) is 16.0. The molecule has 9 nitrogen and oxygen atoms in total. The summed E-state index contributed by atoms with van der Waals surface area (Å²) in [6.45, 7) is 0.515. The summed E-state index contributed by atoms with van der Waals surface area (Å²) < 4.78 is 30.8. The summed E-state index contributed by atoms with van der Waals surface area (Å²) in [4.78, 5) is 24.7. The van der Waals surface area contributed by atoms with Crippen LogP contribution in [0.15, 0.2) is 35.6 Å². The lowest BCUT2D eigenvalue weighted by Gasteiger charge is -2.37. The third-order valence-corrected chi connectivity index (χ3v) is 5.05. The number of rotatable bonds is 4. The van der Waals surface area contributed by atoms with Crippen molar-refractivity contribution in [2.24, 2.45) is 16.6 Å². The molecule has 4 rings (SSSR count). The Morgan fingerprint density at radius 2 is 2.23 bits per heavy atom. The molecule has 0 spiro atoms. The number of benzene rings is 1. The molecule has 2 aliphatic heterocycles. The van der Waals surface area contributed by atoms with Crippen molar-refractivity contribution >= 4 is 17.6 Å². The minimum Gasteiger partial charge on any atom is -0.480 e. The molecular formula is C20H18FN5O4. The number of carbonyl (C=O) groups is 1. The van der Waals surface area contributed by atoms with Gasteiger partial charge < -0.3 is 25.3 Å². The molecule has 3 heterocycles. The first-order chi connectivity index (χ1) is 14.5. The fraction of sp³-hybridized carbons (Fsp3) is 0.300. The minimum atomic E-state index is -1.42. The predicted octanol–water partition coefficient (Wildman–Crippen LogP) is 1.06. The molecule has 1 aromatic carbocycles. The number of carbonyl (C=O) groups excluding carboxylic acids is 1. The van der Waals surface area contributed by atoms with Gasteiger partial charge in [0.1, 0.15) is 17.6 Å². The molecule has 0 unspecified atom stereocenters. The molecule has 3 N–H and O–H groups in total. The van der Waals surface area contributed by atoms with Crippen molar-refractivity contribution in [2.75, 3.05) is 25.6 Å². The topological polar surface area (TPSA) is 121 Å². The zero-order valence-electron chi connectivity index (χ0n) is 16.0. The molecule has 1 fully saturated rings. The van der Waals surface area contributed by atoms with Crippen LogP contribution in [0.1, 0.15) is 16.1 Å². The highest BCUT2D eigenvalue weighted by atomic mass is 19.1. The normalized spacial score (nSPS) is 24.8. The number of nitrogens with two attached hydrogens (primary N) is 1. The Hall–Kier alpha value is -3.71. The van der Waals surface area contributed by atoms with E-state index in [-0.39, 0.29) is 36.4 Å². The van der Waals surface area contributed by atoms with Crippen molar-refractivity contribution in [3.05, 3.63) is 47.7 Å². The van der Waals surface area contributed by atoms with Gasteiger partial charge in [0, 0.05) is 11.3 Å². The van der Waals surface area contributed by atoms with Crippen LogP contribution in [0.3, 0.4) is 0 Å². The highest BCUT2D eigenvalue weighted by Crippen LogP contribution is 2.43. The Kier molecular flexibility index (Phi) is 4.97. The van der Waals surface area contributed by atoms with Crippen molar-refractivity contribution in [1.29, 1.82) is 0 Å². The second kappa shape index (κ2) is 7.61. The molecule has 30 heavy (non-hydrogen) atoms. The first-order valence-electron chi connectivity index (χ1n) is 9.01. The van der Waals surface area contributed by atoms with Gasteiger partial charge in [-0.25, -0.2) is 19.4 Å². The van der Waals surface area contributed by atoms with E-state index in [0.29, 0.717) is 5.69 Å². The summed E-state index contributed by atoms with van der Waals surface area (Å²) >= 11 is 0. The summed E-state index contributed by atoms with van der Waals surface area (Å²) in [5.41, 5.74) is 4.84. The number of aromatic nitrogens is 2. The van der Waals surface area contributed by atoms with E-state index in [1.54, 1.807) is 0 Å². The van der Waals surface area contributed by atoms with Crippen LogP contribution >= 0.6 is 0 Å². The fourth-order valence-corrected chi connectivity index (χ4v) is 3.58. The van der Waals surface area contributed by atoms with Gasteiger partial charge in [-0.2, -0.15) is 0 Å². The number of amidine groups is 1. The van der Waals surface area contributed by atoms with Crippen molar-refractivity contribution in [3.8, 4) is 18.2 Å². The molecule has 0 aliphatic carbocycles. The number of terminal acetylenes is 1. The van der Waals surface area contributed by atoms with Crippen LogP contribution in [0.5, 0.6) is 5.88 Å². The van der Waals surface area contributed by atoms with E-state index in [2.05, 4.69) is 26.2 Å². The molecule has 0 bridgehead atoms. The number of methoxy groups -OCH3 is 1. The number of halogens is 1. The summed E-state index contributed by atoms with van der Waals surface area (Å²) in [5, 5.41) is 2.65. The van der Waals surface area contributed by atoms with Gasteiger partial charge in [0.25, 0.3) is 11.9 Å². The first kappa shape index (κ1) is 19.6. The number of nitrogens with one attached hydrogen (secondary N) is 1. The summed E-state index contributed by atoms with van der Waals surface area (Å²) in [7, 11) is 1.44. The maximum absolute atomic E-state index is 14.9. The second-order valence-corrected chi connectivity index (χ2v) is 6.75. The molecule has 3 atom stereocenters. The molecule has 0 radical (unpaired) electrons. The second-order valence-electron chi connectivity index (χ2n) is 6.75. The lowest BCUT2D eigenvalue weighted by molar-refractivity contribution is 0.0940. The molecular weight excluding hydrogens is 393 g/mol. The molecule has 1 amide bonds. The van der Waals surface area contributed by atoms with Crippen molar-refractivity contribution < 1.29 is 23.4 Å². The van der Waals surface area contributed by atoms with Crippen LogP contribution in [0.4, 0.5) is 10.1 Å². The maximum atomic E-state index is 14.9. The van der Waals surface area contributed by atoms with Crippen LogP contribution < -0.4 is 15.8 Å². The lowest BCUT2D eigenvalue weighted by atomic mass is 9.76. The van der Waals surface area contributed by atoms with E-state index in [0.717, 1.165) is 0 Å². The number of hydrogen-bond donors (Lipinski definition) is 2. The fourth-order valence-electron chi connectivity index (χ4n) is 3.58. The standard InChI is InChI=1S/C20H18FN5O4/c1-3-20(13-9-29-10-16(13)30-19(22)26-20)12-6-11(4-5-14(12)21)25-18(27)15-7-24-17(28-2)8-23-15/h1,4-8,13,16H,9-10H2,2H3,(H2,22,26)(H,25,27)/t13-,16+,20+/m0/s1. The minimum absolute atomic E-state index is 0.0610. The van der Waals surface area contributed by atoms with Crippen LogP contribution in [0.2, 0.25) is 0 Å². The van der Waals surface area contributed by atoms with E-state index >= 15 is 0 Å². The van der Waals surface area contributed by atoms with Crippen molar-refractivity contribution in [3.63, 3.8) is 0 Å². The van der Waals surface area contributed by atoms with Gasteiger partial charge in [0.15, 0.2) is 5.54 Å². The molecule has 1 saturated heterocycles. The van der Waals surface area contributed by atoms with Crippen molar-refractivity contribution in [1.82, 2.24) is 9.97 Å². The van der Waals surface area contributed by atoms with E-state index in [1.165, 1.54) is 37.7 Å². The van der Waals surface area contributed by atoms with E-state index in [1.807, 2.05) is 0 Å². The van der Waals surface area contributed by atoms with Crippen LogP contribution in [-0.4, -0.2) is 48.3 Å². The Morgan fingerprint density at radius 3 is 2.93 bits per heavy atom. The van der Waals surface area contributed by atoms with Gasteiger partial charge >= 0.3 is 0 Å². The quantitative estimate of drug-likeness (QED) is 0.722. The van der Waals surface area contributed by atoms with Crippen LogP contribution in [0, 0.1) is 24.1 Å². The number of ether oxygens (including phenoxy) is 3. The van der Waals surface area contributed by atoms with Crippen molar-refractivity contribution in [2.45, 2.75) is 11.6 Å². The van der Waals surface area contributed by atoms with Gasteiger partial charge in [0.05, 0.1) is 38.6 Å². The highest BCUT2D eigenvalue weighted by molar-refractivity contribution is 6.02. The first-order valence-corrected chi connectivity index (χ1v) is 9.01. The predicted molar refractivity (Wildman–Crippen MR) is 104 cm³/mol. The molecule has 1 aromatic heterocycles. The van der Waals surface area contributed by atoms with Gasteiger partial charge in [0.2, 0.25) is 5.88 Å². The van der Waals surface area contributed by atoms with E-state index < -0.39 is 29.3 Å². The average molecular weight is 411 g/mol. The molecule has 10 heteroatoms. The number of aliphatic imine (C=N–C) groups is 1. The summed E-state index contributed by atoms with van der Waals surface area (Å²) in [6.07, 6.45) is 7.97. The molecule has 0 saturated carbocycles. The zero-order chi connectivity index (χ0) is 21.3. The SMILES string of the molecule is C#C[C@]1(c2cc(NC(=O)c3cnc(OC)cn3)ccc2F)N=C(N)O[C@@H]2COC[C@@H]21. The molecule has 2 aliphatic rings. The van der Waals surface area contributed by atoms with E-state index in [9.17, 15) is 9.18 Å². The summed E-state index contributed by atoms with van der Waals surface area (Å²) in [5.74, 6) is 1.31. The van der Waals surface area contributed by atoms with Gasteiger partial charge in [-0.15, -0.1) is 6.42 Å². The highest BCUT2D eigenvalue weighted by Gasteiger charge is 2.52. The molecule has 2 aromatic rings. The Bertz CT molecular complexity index is 1050. The summed E-state index contributed by atoms with van der Waals surface area (Å²) in [6, 6.07) is 3.91. The molecule has 154 valence electrons. The Morgan fingerprint density at radius 1 is 1.40 bits per heavy atom. The van der Waals surface area contributed by atoms with Gasteiger partial charge in [-0.05, 0) is 18.2 Å². The third-order valence-electron chi connectivity index (χ3n) is 5.05. The smallest absolute Gasteiger partial charge is 0.284 e. The average Bonchev–Trinajstić information content (AvgIpc) is 3.23. The van der Waals surface area contributed by atoms with Crippen LogP contribution in [0.25, 0.3) is 0 Å². The number of hydrogen-bond acceptors (Lipinski definition) is 8. The third kappa shape index (κ3) is 3.29. The number of anilines is 1. The largest absolute Gasteiger partial charge is 0.480 e. The Labute approximate surface area is 171 Å². The van der Waals surface area contributed by atoms with Gasteiger partial charge in [-0.1, -0.05) is 5.92 Å². The number of amides is 1. The van der Waals surface area contributed by atoms with E-state index in [4.69, 9.17) is 26.4 Å². The number of nitrogens with zero attached hydrogens (tertiary/aromatic N) is 3. The monoisotopic (exact) mass is 411 g/mol. The number of fused-ring (bicyclic) bond motifs is 1. The lowest BCUT2D eigenvalue weighted by Crippen LogP contribution is -2.48. The van der Waals surface area contributed by atoms with Gasteiger partial charge in [-0.3, -0.25) is 4.79 Å². The van der Waals surface area contributed by atoms with Crippen LogP contribution in [-0.2, 0) is 15.0 Å². The Balaban J connectivity index is 1.68. The maximum Gasteiger partial charge on any atom is 0.284 e.